The molecule has 1 saturated heterocycles. The van der Waals surface area contributed by atoms with Gasteiger partial charge in [0.15, 0.2) is 0 Å². The predicted molar refractivity (Wildman–Crippen MR) is 110 cm³/mol. The van der Waals surface area contributed by atoms with E-state index in [1.54, 1.807) is 11.0 Å². The number of para-hydroxylation sites is 1. The standard InChI is InChI=1S/C22H23N3O5/c1-24-19-6-4-3-5-15(19)10-20(24)21(26)25-7-8-29-18(13-25)14-30-17-9-16(11-23-12-17)22(27)28-2/h3-6,9-12,18H,7-8,13-14H2,1-2H3. The first kappa shape index (κ1) is 19.9. The van der Waals surface area contributed by atoms with Crippen LogP contribution in [0.4, 0.5) is 0 Å². The summed E-state index contributed by atoms with van der Waals surface area (Å²) in [5, 5.41) is 1.04. The Morgan fingerprint density at radius 1 is 1.23 bits per heavy atom. The number of carbonyl (C=O) groups excluding carboxylic acids is 2. The molecular weight excluding hydrogens is 386 g/mol. The highest BCUT2D eigenvalue weighted by Gasteiger charge is 2.27. The van der Waals surface area contributed by atoms with Crippen molar-refractivity contribution in [2.75, 3.05) is 33.4 Å². The lowest BCUT2D eigenvalue weighted by Crippen LogP contribution is -2.48. The van der Waals surface area contributed by atoms with Crippen LogP contribution in [0, 0.1) is 0 Å². The summed E-state index contributed by atoms with van der Waals surface area (Å²) >= 11 is 0. The lowest BCUT2D eigenvalue weighted by atomic mass is 10.2. The van der Waals surface area contributed by atoms with Gasteiger partial charge in [-0.15, -0.1) is 0 Å². The van der Waals surface area contributed by atoms with Crippen molar-refractivity contribution in [3.05, 3.63) is 60.0 Å². The van der Waals surface area contributed by atoms with Crippen LogP contribution >= 0.6 is 0 Å². The molecule has 3 aromatic rings. The minimum absolute atomic E-state index is 0.0312. The smallest absolute Gasteiger partial charge is 0.339 e. The highest BCUT2D eigenvalue weighted by molar-refractivity contribution is 5.98. The Labute approximate surface area is 174 Å². The summed E-state index contributed by atoms with van der Waals surface area (Å²) in [7, 11) is 3.21. The van der Waals surface area contributed by atoms with Crippen LogP contribution in [0.1, 0.15) is 20.8 Å². The van der Waals surface area contributed by atoms with E-state index >= 15 is 0 Å². The SMILES string of the molecule is COC(=O)c1cncc(OCC2CN(C(=O)c3cc4ccccc4n3C)CCO2)c1. The van der Waals surface area contributed by atoms with Gasteiger partial charge >= 0.3 is 5.97 Å². The van der Waals surface area contributed by atoms with Crippen LogP contribution < -0.4 is 4.74 Å². The van der Waals surface area contributed by atoms with E-state index in [4.69, 9.17) is 14.2 Å². The molecule has 156 valence electrons. The van der Waals surface area contributed by atoms with Gasteiger partial charge in [-0.05, 0) is 18.2 Å². The lowest BCUT2D eigenvalue weighted by Gasteiger charge is -2.32. The average molecular weight is 409 g/mol. The van der Waals surface area contributed by atoms with Crippen LogP contribution in [0.15, 0.2) is 48.8 Å². The number of hydrogen-bond donors (Lipinski definition) is 0. The zero-order valence-corrected chi connectivity index (χ0v) is 16.9. The van der Waals surface area contributed by atoms with E-state index in [2.05, 4.69) is 4.98 Å². The van der Waals surface area contributed by atoms with Crippen molar-refractivity contribution in [2.45, 2.75) is 6.10 Å². The van der Waals surface area contributed by atoms with E-state index in [1.165, 1.54) is 19.5 Å². The topological polar surface area (TPSA) is 82.9 Å². The normalized spacial score (nSPS) is 16.5. The second-order valence-corrected chi connectivity index (χ2v) is 7.10. The van der Waals surface area contributed by atoms with E-state index in [-0.39, 0.29) is 18.6 Å². The third-order valence-electron chi connectivity index (χ3n) is 5.17. The Morgan fingerprint density at radius 2 is 2.07 bits per heavy atom. The molecule has 2 aromatic heterocycles. The molecule has 4 rings (SSSR count). The number of rotatable bonds is 5. The highest BCUT2D eigenvalue weighted by Crippen LogP contribution is 2.21. The van der Waals surface area contributed by atoms with Crippen LogP contribution in [-0.2, 0) is 16.5 Å². The number of pyridine rings is 1. The first-order valence-electron chi connectivity index (χ1n) is 9.68. The molecule has 1 aromatic carbocycles. The zero-order chi connectivity index (χ0) is 21.1. The molecule has 0 radical (unpaired) electrons. The molecule has 0 saturated carbocycles. The minimum Gasteiger partial charge on any atom is -0.489 e. The van der Waals surface area contributed by atoms with Crippen LogP contribution in [0.25, 0.3) is 10.9 Å². The Kier molecular flexibility index (Phi) is 5.67. The molecule has 0 aliphatic carbocycles. The fraction of sp³-hybridized carbons (Fsp3) is 0.318. The fourth-order valence-corrected chi connectivity index (χ4v) is 3.58. The highest BCUT2D eigenvalue weighted by atomic mass is 16.5. The van der Waals surface area contributed by atoms with E-state index < -0.39 is 5.97 Å². The third kappa shape index (κ3) is 3.99. The van der Waals surface area contributed by atoms with Gasteiger partial charge < -0.3 is 23.7 Å². The van der Waals surface area contributed by atoms with E-state index in [9.17, 15) is 9.59 Å². The number of amides is 1. The number of carbonyl (C=O) groups is 2. The van der Waals surface area contributed by atoms with Crippen LogP contribution in [0.5, 0.6) is 5.75 Å². The number of aromatic nitrogens is 2. The number of aryl methyl sites for hydroxylation is 1. The van der Waals surface area contributed by atoms with Gasteiger partial charge in [0, 0.05) is 30.7 Å². The number of esters is 1. The van der Waals surface area contributed by atoms with Crippen molar-refractivity contribution in [2.24, 2.45) is 7.05 Å². The van der Waals surface area contributed by atoms with Gasteiger partial charge in [-0.25, -0.2) is 4.79 Å². The van der Waals surface area contributed by atoms with Gasteiger partial charge in [0.05, 0.1) is 32.0 Å². The number of morpholine rings is 1. The van der Waals surface area contributed by atoms with E-state index in [0.29, 0.717) is 36.7 Å². The molecular formula is C22H23N3O5. The van der Waals surface area contributed by atoms with Crippen molar-refractivity contribution < 1.29 is 23.8 Å². The molecule has 8 heteroatoms. The summed E-state index contributed by atoms with van der Waals surface area (Å²) in [6, 6.07) is 11.4. The molecule has 1 aliphatic rings. The van der Waals surface area contributed by atoms with E-state index in [1.807, 2.05) is 41.9 Å². The number of methoxy groups -OCH3 is 1. The van der Waals surface area contributed by atoms with E-state index in [0.717, 1.165) is 10.9 Å². The summed E-state index contributed by atoms with van der Waals surface area (Å²) < 4.78 is 18.1. The Bertz CT molecular complexity index is 1080. The summed E-state index contributed by atoms with van der Waals surface area (Å²) in [5.41, 5.74) is 1.98. The van der Waals surface area contributed by atoms with Crippen LogP contribution in [0.3, 0.4) is 0 Å². The molecule has 3 heterocycles. The van der Waals surface area contributed by atoms with Gasteiger partial charge in [-0.1, -0.05) is 18.2 Å². The molecule has 30 heavy (non-hydrogen) atoms. The Morgan fingerprint density at radius 3 is 2.87 bits per heavy atom. The molecule has 1 fully saturated rings. The molecule has 0 spiro atoms. The Balaban J connectivity index is 1.41. The van der Waals surface area contributed by atoms with Crippen molar-refractivity contribution in [1.29, 1.82) is 0 Å². The number of nitrogens with zero attached hydrogens (tertiary/aromatic N) is 3. The maximum absolute atomic E-state index is 13.1. The molecule has 1 aliphatic heterocycles. The van der Waals surface area contributed by atoms with Crippen molar-refractivity contribution >= 4 is 22.8 Å². The summed E-state index contributed by atoms with van der Waals surface area (Å²) in [5.74, 6) is -0.0661. The zero-order valence-electron chi connectivity index (χ0n) is 16.9. The van der Waals surface area contributed by atoms with Gasteiger partial charge in [-0.3, -0.25) is 9.78 Å². The number of benzene rings is 1. The largest absolute Gasteiger partial charge is 0.489 e. The minimum atomic E-state index is -0.478. The molecule has 1 atom stereocenters. The fourth-order valence-electron chi connectivity index (χ4n) is 3.58. The Hall–Kier alpha value is -3.39. The maximum atomic E-state index is 13.1. The molecule has 1 amide bonds. The van der Waals surface area contributed by atoms with Crippen LogP contribution in [-0.4, -0.2) is 65.8 Å². The van der Waals surface area contributed by atoms with Crippen molar-refractivity contribution in [3.63, 3.8) is 0 Å². The molecule has 1 unspecified atom stereocenters. The monoisotopic (exact) mass is 409 g/mol. The number of hydrogen-bond acceptors (Lipinski definition) is 6. The number of ether oxygens (including phenoxy) is 3. The third-order valence-corrected chi connectivity index (χ3v) is 5.17. The van der Waals surface area contributed by atoms with Gasteiger partial charge in [0.2, 0.25) is 0 Å². The molecule has 0 N–H and O–H groups in total. The van der Waals surface area contributed by atoms with Gasteiger partial charge in [0.25, 0.3) is 5.91 Å². The quantitative estimate of drug-likeness (QED) is 0.602. The van der Waals surface area contributed by atoms with Gasteiger partial charge in [-0.2, -0.15) is 0 Å². The van der Waals surface area contributed by atoms with Gasteiger partial charge in [0.1, 0.15) is 24.2 Å². The summed E-state index contributed by atoms with van der Waals surface area (Å²) in [4.78, 5) is 30.5. The van der Waals surface area contributed by atoms with Crippen LogP contribution in [0.2, 0.25) is 0 Å². The molecule has 0 bridgehead atoms. The second-order valence-electron chi connectivity index (χ2n) is 7.10. The first-order chi connectivity index (χ1) is 14.6. The average Bonchev–Trinajstić information content (AvgIpc) is 3.13. The molecule has 8 nitrogen and oxygen atoms in total. The van der Waals surface area contributed by atoms with Crippen molar-refractivity contribution in [1.82, 2.24) is 14.5 Å². The van der Waals surface area contributed by atoms with Crippen molar-refractivity contribution in [3.8, 4) is 5.75 Å². The summed E-state index contributed by atoms with van der Waals surface area (Å²) in [6.07, 6.45) is 2.66. The maximum Gasteiger partial charge on any atom is 0.339 e. The lowest BCUT2D eigenvalue weighted by molar-refractivity contribution is -0.0403. The number of fused-ring (bicyclic) bond motifs is 1. The second kappa shape index (κ2) is 8.54. The first-order valence-corrected chi connectivity index (χ1v) is 9.68. The predicted octanol–water partition coefficient (Wildman–Crippen LogP) is 2.28. The summed E-state index contributed by atoms with van der Waals surface area (Å²) in [6.45, 7) is 1.62.